The maximum absolute atomic E-state index is 12.6. The smallest absolute Gasteiger partial charge is 0.250 e. The SMILES string of the molecule is COCOc1cc(OCOC)c(C(C)C)cc1-c1nnc(S(C)(=O)=O)n1C1COC(C)(C)OC1. The fourth-order valence-corrected chi connectivity index (χ4v) is 4.35. The normalized spacial score (nSPS) is 16.7. The van der Waals surface area contributed by atoms with Gasteiger partial charge in [0.1, 0.15) is 11.5 Å². The number of methoxy groups -OCH3 is 2. The van der Waals surface area contributed by atoms with Crippen LogP contribution in [-0.2, 0) is 28.8 Å². The monoisotopic (exact) mass is 499 g/mol. The maximum atomic E-state index is 12.6. The van der Waals surface area contributed by atoms with E-state index in [-0.39, 0.29) is 37.9 Å². The van der Waals surface area contributed by atoms with Gasteiger partial charge in [-0.2, -0.15) is 0 Å². The molecule has 2 heterocycles. The van der Waals surface area contributed by atoms with Crippen LogP contribution in [0.1, 0.15) is 45.2 Å². The Labute approximate surface area is 200 Å². The highest BCUT2D eigenvalue weighted by Crippen LogP contribution is 2.40. The van der Waals surface area contributed by atoms with Crippen LogP contribution in [0.15, 0.2) is 17.3 Å². The summed E-state index contributed by atoms with van der Waals surface area (Å²) in [6.45, 7) is 8.12. The first-order valence-electron chi connectivity index (χ1n) is 10.8. The molecule has 1 aliphatic rings. The Morgan fingerprint density at radius 2 is 1.65 bits per heavy atom. The molecule has 0 aliphatic carbocycles. The standard InChI is InChI=1S/C22H33N3O8S/c1-14(2)16-8-17(19(31-13-29-6)9-18(16)30-12-28-5)20-23-24-21(34(7,26)27)25(20)15-10-32-22(3,4)33-11-15/h8-9,14-15H,10-13H2,1-7H3. The van der Waals surface area contributed by atoms with Gasteiger partial charge in [-0.15, -0.1) is 10.2 Å². The van der Waals surface area contributed by atoms with Crippen LogP contribution in [0.3, 0.4) is 0 Å². The summed E-state index contributed by atoms with van der Waals surface area (Å²) in [5.74, 6) is 0.586. The first-order chi connectivity index (χ1) is 16.0. The molecule has 3 rings (SSSR count). The minimum atomic E-state index is -3.70. The lowest BCUT2D eigenvalue weighted by atomic mass is 9.98. The van der Waals surface area contributed by atoms with Crippen LogP contribution in [0.25, 0.3) is 11.4 Å². The highest BCUT2D eigenvalue weighted by Gasteiger charge is 2.35. The third kappa shape index (κ3) is 5.87. The Balaban J connectivity index is 2.21. The number of hydrogen-bond acceptors (Lipinski definition) is 10. The quantitative estimate of drug-likeness (QED) is 0.451. The lowest BCUT2D eigenvalue weighted by Gasteiger charge is -2.36. The van der Waals surface area contributed by atoms with E-state index < -0.39 is 21.7 Å². The van der Waals surface area contributed by atoms with Crippen molar-refractivity contribution in [3.63, 3.8) is 0 Å². The molecule has 0 saturated carbocycles. The van der Waals surface area contributed by atoms with Gasteiger partial charge in [0.2, 0.25) is 15.0 Å². The van der Waals surface area contributed by atoms with E-state index in [4.69, 9.17) is 28.4 Å². The zero-order valence-electron chi connectivity index (χ0n) is 20.7. The molecule has 1 aromatic heterocycles. The minimum absolute atomic E-state index is 0.0331. The van der Waals surface area contributed by atoms with Crippen LogP contribution >= 0.6 is 0 Å². The molecule has 190 valence electrons. The summed E-state index contributed by atoms with van der Waals surface area (Å²) in [5.41, 5.74) is 1.40. The molecule has 1 aliphatic heterocycles. The van der Waals surface area contributed by atoms with Gasteiger partial charge in [0, 0.05) is 26.5 Å². The first kappa shape index (κ1) is 26.4. The van der Waals surface area contributed by atoms with Gasteiger partial charge >= 0.3 is 0 Å². The lowest BCUT2D eigenvalue weighted by molar-refractivity contribution is -0.259. The molecule has 0 amide bonds. The van der Waals surface area contributed by atoms with Crippen LogP contribution in [0.4, 0.5) is 0 Å². The minimum Gasteiger partial charge on any atom is -0.467 e. The molecule has 0 spiro atoms. The molecule has 0 N–H and O–H groups in total. The summed E-state index contributed by atoms with van der Waals surface area (Å²) < 4.78 is 60.1. The zero-order chi connectivity index (χ0) is 25.1. The molecule has 0 bridgehead atoms. The van der Waals surface area contributed by atoms with Crippen molar-refractivity contribution in [2.24, 2.45) is 0 Å². The lowest BCUT2D eigenvalue weighted by Crippen LogP contribution is -2.40. The van der Waals surface area contributed by atoms with Crippen molar-refractivity contribution in [3.05, 3.63) is 17.7 Å². The highest BCUT2D eigenvalue weighted by atomic mass is 32.2. The molecule has 34 heavy (non-hydrogen) atoms. The Morgan fingerprint density at radius 1 is 1.06 bits per heavy atom. The van der Waals surface area contributed by atoms with Crippen molar-refractivity contribution in [1.29, 1.82) is 0 Å². The van der Waals surface area contributed by atoms with Crippen molar-refractivity contribution >= 4 is 9.84 Å². The van der Waals surface area contributed by atoms with Gasteiger partial charge < -0.3 is 28.4 Å². The Kier molecular flexibility index (Phi) is 8.19. The fraction of sp³-hybridized carbons (Fsp3) is 0.636. The molecule has 11 nitrogen and oxygen atoms in total. The number of benzene rings is 1. The second kappa shape index (κ2) is 10.6. The summed E-state index contributed by atoms with van der Waals surface area (Å²) in [7, 11) is -0.658. The molecule has 0 unspecified atom stereocenters. The van der Waals surface area contributed by atoms with Gasteiger partial charge in [0.05, 0.1) is 24.8 Å². The number of rotatable bonds is 10. The fourth-order valence-electron chi connectivity index (χ4n) is 3.57. The molecule has 0 atom stereocenters. The molecular formula is C22H33N3O8S. The molecule has 1 saturated heterocycles. The highest BCUT2D eigenvalue weighted by molar-refractivity contribution is 7.90. The average molecular weight is 500 g/mol. The van der Waals surface area contributed by atoms with Crippen LogP contribution in [0, 0.1) is 0 Å². The first-order valence-corrected chi connectivity index (χ1v) is 12.7. The van der Waals surface area contributed by atoms with Crippen molar-refractivity contribution in [1.82, 2.24) is 14.8 Å². The summed E-state index contributed by atoms with van der Waals surface area (Å²) in [6.07, 6.45) is 1.09. The molecular weight excluding hydrogens is 466 g/mol. The van der Waals surface area contributed by atoms with E-state index in [0.717, 1.165) is 11.8 Å². The van der Waals surface area contributed by atoms with Crippen molar-refractivity contribution in [3.8, 4) is 22.9 Å². The molecule has 1 aromatic carbocycles. The molecule has 12 heteroatoms. The molecule has 0 radical (unpaired) electrons. The zero-order valence-corrected chi connectivity index (χ0v) is 21.5. The Hall–Kier alpha value is -2.25. The third-order valence-electron chi connectivity index (χ3n) is 5.25. The van der Waals surface area contributed by atoms with Gasteiger partial charge in [-0.05, 0) is 31.4 Å². The van der Waals surface area contributed by atoms with E-state index in [0.29, 0.717) is 22.9 Å². The van der Waals surface area contributed by atoms with Gasteiger partial charge in [-0.1, -0.05) is 13.8 Å². The van der Waals surface area contributed by atoms with Crippen molar-refractivity contribution < 1.29 is 36.8 Å². The van der Waals surface area contributed by atoms with Gasteiger partial charge in [-0.25, -0.2) is 8.42 Å². The second-order valence-electron chi connectivity index (χ2n) is 8.77. The summed E-state index contributed by atoms with van der Waals surface area (Å²) in [4.78, 5) is 0. The maximum Gasteiger partial charge on any atom is 0.250 e. The third-order valence-corrected chi connectivity index (χ3v) is 6.19. The van der Waals surface area contributed by atoms with Crippen LogP contribution in [-0.4, -0.2) is 76.2 Å². The van der Waals surface area contributed by atoms with E-state index >= 15 is 0 Å². The van der Waals surface area contributed by atoms with E-state index in [1.54, 1.807) is 24.5 Å². The van der Waals surface area contributed by atoms with E-state index in [1.165, 1.54) is 14.2 Å². The summed E-state index contributed by atoms with van der Waals surface area (Å²) in [5, 5.41) is 8.10. The van der Waals surface area contributed by atoms with Gasteiger partial charge in [-0.3, -0.25) is 4.57 Å². The Bertz CT molecular complexity index is 1090. The second-order valence-corrected chi connectivity index (χ2v) is 10.7. The largest absolute Gasteiger partial charge is 0.467 e. The summed E-state index contributed by atoms with van der Waals surface area (Å²) in [6, 6.07) is 3.12. The van der Waals surface area contributed by atoms with Crippen molar-refractivity contribution in [2.45, 2.75) is 50.6 Å². The Morgan fingerprint density at radius 3 is 2.18 bits per heavy atom. The van der Waals surface area contributed by atoms with E-state index in [9.17, 15) is 8.42 Å². The number of sulfone groups is 1. The molecule has 2 aromatic rings. The number of hydrogen-bond donors (Lipinski definition) is 0. The average Bonchev–Trinajstić information content (AvgIpc) is 3.21. The number of nitrogens with zero attached hydrogens (tertiary/aromatic N) is 3. The van der Waals surface area contributed by atoms with Crippen LogP contribution in [0.5, 0.6) is 11.5 Å². The molecule has 1 fully saturated rings. The predicted molar refractivity (Wildman–Crippen MR) is 123 cm³/mol. The van der Waals surface area contributed by atoms with Crippen LogP contribution < -0.4 is 9.47 Å². The van der Waals surface area contributed by atoms with Gasteiger partial charge in [0.15, 0.2) is 25.2 Å². The number of ether oxygens (including phenoxy) is 6. The van der Waals surface area contributed by atoms with E-state index in [2.05, 4.69) is 10.2 Å². The van der Waals surface area contributed by atoms with E-state index in [1.807, 2.05) is 19.9 Å². The topological polar surface area (TPSA) is 120 Å². The van der Waals surface area contributed by atoms with Crippen molar-refractivity contribution in [2.75, 3.05) is 47.3 Å². The van der Waals surface area contributed by atoms with Gasteiger partial charge in [0.25, 0.3) is 0 Å². The summed E-state index contributed by atoms with van der Waals surface area (Å²) >= 11 is 0. The van der Waals surface area contributed by atoms with Crippen LogP contribution in [0.2, 0.25) is 0 Å². The number of aromatic nitrogens is 3. The predicted octanol–water partition coefficient (Wildman–Crippen LogP) is 2.76.